The quantitative estimate of drug-likeness (QED) is 0.761. The van der Waals surface area contributed by atoms with Crippen LogP contribution in [0.1, 0.15) is 24.8 Å². The number of carbonyl (C=O) groups is 1. The number of halogens is 2. The Balaban J connectivity index is 1.56. The first kappa shape index (κ1) is 21.9. The van der Waals surface area contributed by atoms with Gasteiger partial charge in [0.25, 0.3) is 0 Å². The van der Waals surface area contributed by atoms with Crippen LogP contribution >= 0.6 is 0 Å². The summed E-state index contributed by atoms with van der Waals surface area (Å²) in [5, 5.41) is 2.96. The number of amides is 1. The third kappa shape index (κ3) is 4.96. The zero-order chi connectivity index (χ0) is 22.1. The lowest BCUT2D eigenvalue weighted by Crippen LogP contribution is -2.49. The molecule has 0 spiro atoms. The molecule has 2 aliphatic heterocycles. The first-order chi connectivity index (χ1) is 14.8. The number of carbonyl (C=O) groups excluding carboxylic acids is 1. The molecule has 4 rings (SSSR count). The SMILES string of the molecule is O=C(N[C@H]1CCS(=O)(=O)C1)C1(Cc2cccc(-c3ccc(F)c(F)c3)c2)CCOCC1. The molecule has 2 aliphatic rings. The average molecular weight is 450 g/mol. The number of benzene rings is 2. The number of nitrogens with one attached hydrogen (secondary N) is 1. The summed E-state index contributed by atoms with van der Waals surface area (Å²) in [4.78, 5) is 13.3. The minimum Gasteiger partial charge on any atom is -0.381 e. The Hall–Kier alpha value is -2.32. The van der Waals surface area contributed by atoms with E-state index in [1.807, 2.05) is 24.3 Å². The van der Waals surface area contributed by atoms with E-state index in [1.165, 1.54) is 6.07 Å². The van der Waals surface area contributed by atoms with E-state index in [9.17, 15) is 22.0 Å². The normalized spacial score (nSPS) is 22.2. The molecule has 0 aliphatic carbocycles. The van der Waals surface area contributed by atoms with Crippen LogP contribution in [0.25, 0.3) is 11.1 Å². The second-order valence-electron chi connectivity index (χ2n) is 8.47. The zero-order valence-corrected chi connectivity index (χ0v) is 17.9. The first-order valence-electron chi connectivity index (χ1n) is 10.4. The Morgan fingerprint density at radius 3 is 2.48 bits per heavy atom. The van der Waals surface area contributed by atoms with E-state index < -0.39 is 26.9 Å². The van der Waals surface area contributed by atoms with E-state index in [-0.39, 0.29) is 23.5 Å². The average Bonchev–Trinajstić information content (AvgIpc) is 3.09. The van der Waals surface area contributed by atoms with Gasteiger partial charge in [-0.1, -0.05) is 30.3 Å². The third-order valence-corrected chi connectivity index (χ3v) is 7.99. The van der Waals surface area contributed by atoms with Gasteiger partial charge in [0, 0.05) is 19.3 Å². The Kier molecular flexibility index (Phi) is 6.12. The van der Waals surface area contributed by atoms with Crippen LogP contribution in [0, 0.1) is 17.0 Å². The highest BCUT2D eigenvalue weighted by Gasteiger charge is 2.42. The molecule has 8 heteroatoms. The van der Waals surface area contributed by atoms with Gasteiger partial charge in [0.2, 0.25) is 5.91 Å². The molecule has 2 heterocycles. The van der Waals surface area contributed by atoms with E-state index in [1.54, 1.807) is 0 Å². The van der Waals surface area contributed by atoms with Crippen molar-refractivity contribution in [3.8, 4) is 11.1 Å². The molecule has 0 bridgehead atoms. The van der Waals surface area contributed by atoms with Gasteiger partial charge >= 0.3 is 0 Å². The van der Waals surface area contributed by atoms with Crippen molar-refractivity contribution in [3.05, 3.63) is 59.7 Å². The molecule has 2 aromatic carbocycles. The number of rotatable bonds is 5. The van der Waals surface area contributed by atoms with Crippen LogP contribution in [0.15, 0.2) is 42.5 Å². The number of sulfone groups is 1. The summed E-state index contributed by atoms with van der Waals surface area (Å²) in [6.07, 6.45) is 1.97. The van der Waals surface area contributed by atoms with Gasteiger partial charge in [0.15, 0.2) is 21.5 Å². The topological polar surface area (TPSA) is 72.5 Å². The fourth-order valence-electron chi connectivity index (χ4n) is 4.42. The summed E-state index contributed by atoms with van der Waals surface area (Å²) in [6.45, 7) is 0.915. The lowest BCUT2D eigenvalue weighted by molar-refractivity contribution is -0.137. The summed E-state index contributed by atoms with van der Waals surface area (Å²) in [7, 11) is -3.09. The molecule has 0 radical (unpaired) electrons. The van der Waals surface area contributed by atoms with Crippen molar-refractivity contribution < 1.29 is 26.7 Å². The second kappa shape index (κ2) is 8.67. The number of hydrogen-bond acceptors (Lipinski definition) is 4. The van der Waals surface area contributed by atoms with Crippen molar-refractivity contribution >= 4 is 15.7 Å². The van der Waals surface area contributed by atoms with Crippen molar-refractivity contribution in [2.75, 3.05) is 24.7 Å². The van der Waals surface area contributed by atoms with Crippen LogP contribution in [-0.4, -0.2) is 45.1 Å². The van der Waals surface area contributed by atoms with Crippen LogP contribution in [0.4, 0.5) is 8.78 Å². The third-order valence-electron chi connectivity index (χ3n) is 6.22. The molecule has 0 unspecified atom stereocenters. The molecule has 0 saturated carbocycles. The molecule has 1 amide bonds. The standard InChI is InChI=1S/C23H25F2NO4S/c24-20-5-4-18(13-21(20)25)17-3-1-2-16(12-17)14-23(7-9-30-10-8-23)22(27)26-19-6-11-31(28,29)15-19/h1-5,12-13,19H,6-11,14-15H2,(H,26,27)/t19-/m0/s1. The van der Waals surface area contributed by atoms with E-state index >= 15 is 0 Å². The summed E-state index contributed by atoms with van der Waals surface area (Å²) in [6, 6.07) is 10.9. The Bertz CT molecular complexity index is 1080. The van der Waals surface area contributed by atoms with Crippen molar-refractivity contribution in [1.82, 2.24) is 5.32 Å². The van der Waals surface area contributed by atoms with Crippen LogP contribution in [0.3, 0.4) is 0 Å². The highest BCUT2D eigenvalue weighted by Crippen LogP contribution is 2.36. The fraction of sp³-hybridized carbons (Fsp3) is 0.435. The molecule has 2 aromatic rings. The summed E-state index contributed by atoms with van der Waals surface area (Å²) >= 11 is 0. The van der Waals surface area contributed by atoms with Gasteiger partial charge in [-0.3, -0.25) is 4.79 Å². The summed E-state index contributed by atoms with van der Waals surface area (Å²) < 4.78 is 56.0. The van der Waals surface area contributed by atoms with Crippen LogP contribution in [0.5, 0.6) is 0 Å². The Labute approximate surface area is 180 Å². The molecule has 1 N–H and O–H groups in total. The molecule has 2 saturated heterocycles. The predicted octanol–water partition coefficient (Wildman–Crippen LogP) is 3.27. The van der Waals surface area contributed by atoms with Crippen molar-refractivity contribution in [1.29, 1.82) is 0 Å². The largest absolute Gasteiger partial charge is 0.381 e. The second-order valence-corrected chi connectivity index (χ2v) is 10.7. The molecule has 2 fully saturated rings. The van der Waals surface area contributed by atoms with E-state index in [0.717, 1.165) is 23.3 Å². The molecule has 31 heavy (non-hydrogen) atoms. The first-order valence-corrected chi connectivity index (χ1v) is 12.2. The van der Waals surface area contributed by atoms with E-state index in [4.69, 9.17) is 4.74 Å². The maximum absolute atomic E-state index is 13.7. The van der Waals surface area contributed by atoms with Gasteiger partial charge < -0.3 is 10.1 Å². The van der Waals surface area contributed by atoms with Crippen LogP contribution in [-0.2, 0) is 25.8 Å². The molecule has 166 valence electrons. The lowest BCUT2D eigenvalue weighted by Gasteiger charge is -2.36. The van der Waals surface area contributed by atoms with Gasteiger partial charge in [-0.15, -0.1) is 0 Å². The molecule has 0 aromatic heterocycles. The van der Waals surface area contributed by atoms with Crippen LogP contribution < -0.4 is 5.32 Å². The number of hydrogen-bond donors (Lipinski definition) is 1. The van der Waals surface area contributed by atoms with Crippen molar-refractivity contribution in [2.45, 2.75) is 31.7 Å². The smallest absolute Gasteiger partial charge is 0.226 e. The van der Waals surface area contributed by atoms with Crippen molar-refractivity contribution in [2.24, 2.45) is 5.41 Å². The minimum atomic E-state index is -3.09. The van der Waals surface area contributed by atoms with E-state index in [2.05, 4.69) is 5.32 Å². The van der Waals surface area contributed by atoms with Gasteiger partial charge in [0.1, 0.15) is 0 Å². The van der Waals surface area contributed by atoms with E-state index in [0.29, 0.717) is 44.5 Å². The highest BCUT2D eigenvalue weighted by atomic mass is 32.2. The summed E-state index contributed by atoms with van der Waals surface area (Å²) in [5.41, 5.74) is 1.50. The van der Waals surface area contributed by atoms with Gasteiger partial charge in [-0.2, -0.15) is 0 Å². The Morgan fingerprint density at radius 2 is 1.81 bits per heavy atom. The fourth-order valence-corrected chi connectivity index (χ4v) is 6.09. The van der Waals surface area contributed by atoms with Gasteiger partial charge in [-0.25, -0.2) is 17.2 Å². The predicted molar refractivity (Wildman–Crippen MR) is 113 cm³/mol. The lowest BCUT2D eigenvalue weighted by atomic mass is 9.74. The molecule has 5 nitrogen and oxygen atoms in total. The molecular formula is C23H25F2NO4S. The molecule has 1 atom stereocenters. The zero-order valence-electron chi connectivity index (χ0n) is 17.1. The maximum atomic E-state index is 13.7. The molecular weight excluding hydrogens is 424 g/mol. The van der Waals surface area contributed by atoms with Gasteiger partial charge in [0.05, 0.1) is 16.9 Å². The van der Waals surface area contributed by atoms with Crippen LogP contribution in [0.2, 0.25) is 0 Å². The minimum absolute atomic E-state index is 0.0169. The summed E-state index contributed by atoms with van der Waals surface area (Å²) in [5.74, 6) is -1.86. The van der Waals surface area contributed by atoms with Gasteiger partial charge in [-0.05, 0) is 54.5 Å². The monoisotopic (exact) mass is 449 g/mol. The van der Waals surface area contributed by atoms with Crippen molar-refractivity contribution in [3.63, 3.8) is 0 Å². The maximum Gasteiger partial charge on any atom is 0.226 e. The highest BCUT2D eigenvalue weighted by molar-refractivity contribution is 7.91. The number of ether oxygens (including phenoxy) is 1. The Morgan fingerprint density at radius 1 is 1.06 bits per heavy atom.